The molecular formula is C17H27ClN4OS. The van der Waals surface area contributed by atoms with Gasteiger partial charge in [-0.15, -0.1) is 23.7 Å². The van der Waals surface area contributed by atoms with Crippen molar-refractivity contribution < 1.29 is 4.79 Å². The molecule has 2 aliphatic heterocycles. The molecule has 0 atom stereocenters. The van der Waals surface area contributed by atoms with Gasteiger partial charge in [0.15, 0.2) is 5.13 Å². The molecule has 1 saturated carbocycles. The molecule has 5 nitrogen and oxygen atoms in total. The molecule has 1 aliphatic carbocycles. The van der Waals surface area contributed by atoms with Gasteiger partial charge >= 0.3 is 0 Å². The minimum atomic E-state index is 0. The average Bonchev–Trinajstić information content (AvgIpc) is 3.13. The second-order valence-corrected chi connectivity index (χ2v) is 8.29. The van der Waals surface area contributed by atoms with E-state index in [4.69, 9.17) is 4.98 Å². The summed E-state index contributed by atoms with van der Waals surface area (Å²) < 4.78 is 0. The van der Waals surface area contributed by atoms with Crippen LogP contribution in [-0.2, 0) is 11.3 Å². The fourth-order valence-electron chi connectivity index (χ4n) is 4.12. The van der Waals surface area contributed by atoms with E-state index in [0.717, 1.165) is 30.2 Å². The first kappa shape index (κ1) is 18.1. The Kier molecular flexibility index (Phi) is 5.49. The van der Waals surface area contributed by atoms with E-state index in [1.807, 2.05) is 4.90 Å². The van der Waals surface area contributed by atoms with Gasteiger partial charge in [0.25, 0.3) is 0 Å². The van der Waals surface area contributed by atoms with Crippen LogP contribution in [0.4, 0.5) is 5.13 Å². The van der Waals surface area contributed by atoms with Gasteiger partial charge < -0.3 is 5.32 Å². The van der Waals surface area contributed by atoms with Gasteiger partial charge in [-0.25, -0.2) is 4.98 Å². The van der Waals surface area contributed by atoms with E-state index in [1.165, 1.54) is 45.4 Å². The number of amides is 1. The minimum absolute atomic E-state index is 0. The molecule has 3 aliphatic rings. The maximum absolute atomic E-state index is 11.9. The average molecular weight is 371 g/mol. The molecule has 3 fully saturated rings. The number of hydrogen-bond donors (Lipinski definition) is 1. The molecule has 24 heavy (non-hydrogen) atoms. The van der Waals surface area contributed by atoms with E-state index in [2.05, 4.69) is 15.6 Å². The number of nitrogens with one attached hydrogen (secondary N) is 1. The minimum Gasteiger partial charge on any atom is -0.317 e. The van der Waals surface area contributed by atoms with Crippen molar-refractivity contribution in [1.82, 2.24) is 15.2 Å². The number of carbonyl (C=O) groups is 1. The van der Waals surface area contributed by atoms with E-state index in [1.54, 1.807) is 18.3 Å². The van der Waals surface area contributed by atoms with Gasteiger partial charge in [0.1, 0.15) is 0 Å². The smallest absolute Gasteiger partial charge is 0.225 e. The Labute approximate surface area is 154 Å². The maximum Gasteiger partial charge on any atom is 0.225 e. The zero-order chi connectivity index (χ0) is 15.9. The lowest BCUT2D eigenvalue weighted by atomic mass is 9.78. The van der Waals surface area contributed by atoms with Crippen LogP contribution in [0.5, 0.6) is 0 Å². The molecule has 134 valence electrons. The molecule has 7 heteroatoms. The zero-order valence-corrected chi connectivity index (χ0v) is 15.9. The molecule has 0 unspecified atom stereocenters. The van der Waals surface area contributed by atoms with Gasteiger partial charge in [0.05, 0.1) is 5.69 Å². The number of aromatic nitrogens is 1. The summed E-state index contributed by atoms with van der Waals surface area (Å²) >= 11 is 1.62. The first-order valence-electron chi connectivity index (χ1n) is 8.83. The van der Waals surface area contributed by atoms with Gasteiger partial charge in [0, 0.05) is 31.4 Å². The molecule has 1 amide bonds. The molecule has 1 N–H and O–H groups in total. The van der Waals surface area contributed by atoms with Crippen molar-refractivity contribution in [3.05, 3.63) is 11.1 Å². The molecule has 3 heterocycles. The molecule has 4 rings (SSSR count). The summed E-state index contributed by atoms with van der Waals surface area (Å²) in [4.78, 5) is 21.1. The van der Waals surface area contributed by atoms with Crippen molar-refractivity contribution in [2.24, 2.45) is 5.41 Å². The molecule has 0 radical (unpaired) electrons. The van der Waals surface area contributed by atoms with Crippen molar-refractivity contribution in [3.8, 4) is 0 Å². The molecule has 0 aromatic carbocycles. The molecule has 1 spiro atoms. The van der Waals surface area contributed by atoms with Crippen LogP contribution >= 0.6 is 23.7 Å². The fraction of sp³-hybridized carbons (Fsp3) is 0.765. The van der Waals surface area contributed by atoms with Crippen molar-refractivity contribution >= 4 is 34.8 Å². The van der Waals surface area contributed by atoms with Crippen molar-refractivity contribution in [2.45, 2.75) is 51.6 Å². The SMILES string of the molecule is CC(=O)N(c1nc(CN2CCC3(CCNCC3)C2)cs1)C1CC1.Cl. The van der Waals surface area contributed by atoms with Gasteiger partial charge in [0.2, 0.25) is 5.91 Å². The van der Waals surface area contributed by atoms with Crippen LogP contribution in [-0.4, -0.2) is 48.0 Å². The topological polar surface area (TPSA) is 48.5 Å². The lowest BCUT2D eigenvalue weighted by Gasteiger charge is -2.33. The van der Waals surface area contributed by atoms with Crippen LogP contribution in [0.3, 0.4) is 0 Å². The third-order valence-electron chi connectivity index (χ3n) is 5.56. The first-order chi connectivity index (χ1) is 11.2. The fourth-order valence-corrected chi connectivity index (χ4v) is 5.05. The monoisotopic (exact) mass is 370 g/mol. The summed E-state index contributed by atoms with van der Waals surface area (Å²) in [7, 11) is 0. The predicted octanol–water partition coefficient (Wildman–Crippen LogP) is 2.66. The first-order valence-corrected chi connectivity index (χ1v) is 9.70. The lowest BCUT2D eigenvalue weighted by molar-refractivity contribution is -0.116. The summed E-state index contributed by atoms with van der Waals surface area (Å²) in [6, 6.07) is 0.399. The molecule has 1 aromatic heterocycles. The van der Waals surface area contributed by atoms with Crippen molar-refractivity contribution in [3.63, 3.8) is 0 Å². The standard InChI is InChI=1S/C17H26N4OS.ClH/c1-13(22)21(15-2-3-15)16-19-14(11-23-16)10-20-9-6-17(12-20)4-7-18-8-5-17;/h11,15,18H,2-10,12H2,1H3;1H. The number of rotatable bonds is 4. The van der Waals surface area contributed by atoms with Crippen molar-refractivity contribution in [1.29, 1.82) is 0 Å². The Balaban J connectivity index is 0.00000169. The molecule has 0 bridgehead atoms. The lowest BCUT2D eigenvalue weighted by Crippen LogP contribution is -2.38. The van der Waals surface area contributed by atoms with Crippen LogP contribution in [0.15, 0.2) is 5.38 Å². The number of nitrogens with zero attached hydrogens (tertiary/aromatic N) is 3. The van der Waals surface area contributed by atoms with E-state index in [-0.39, 0.29) is 18.3 Å². The number of likely N-dealkylation sites (tertiary alicyclic amines) is 1. The van der Waals surface area contributed by atoms with E-state index in [0.29, 0.717) is 11.5 Å². The number of piperidine rings is 1. The number of hydrogen-bond acceptors (Lipinski definition) is 5. The van der Waals surface area contributed by atoms with Crippen LogP contribution < -0.4 is 10.2 Å². The summed E-state index contributed by atoms with van der Waals surface area (Å²) in [5.41, 5.74) is 1.67. The summed E-state index contributed by atoms with van der Waals surface area (Å²) in [5.74, 6) is 0.128. The number of thiazole rings is 1. The quantitative estimate of drug-likeness (QED) is 0.885. The van der Waals surface area contributed by atoms with Crippen LogP contribution in [0.25, 0.3) is 0 Å². The summed E-state index contributed by atoms with van der Waals surface area (Å²) in [6.07, 6.45) is 6.19. The Hall–Kier alpha value is -0.690. The second kappa shape index (κ2) is 7.28. The third kappa shape index (κ3) is 3.77. The Morgan fingerprint density at radius 3 is 2.83 bits per heavy atom. The predicted molar refractivity (Wildman–Crippen MR) is 100.0 cm³/mol. The highest BCUT2D eigenvalue weighted by molar-refractivity contribution is 7.14. The van der Waals surface area contributed by atoms with Gasteiger partial charge in [-0.1, -0.05) is 0 Å². The van der Waals surface area contributed by atoms with E-state index >= 15 is 0 Å². The molecular weight excluding hydrogens is 344 g/mol. The summed E-state index contributed by atoms with van der Waals surface area (Å²) in [5, 5.41) is 6.51. The van der Waals surface area contributed by atoms with E-state index < -0.39 is 0 Å². The maximum atomic E-state index is 11.9. The van der Waals surface area contributed by atoms with Gasteiger partial charge in [-0.3, -0.25) is 14.6 Å². The Bertz CT molecular complexity index is 583. The Morgan fingerprint density at radius 1 is 1.42 bits per heavy atom. The number of anilines is 1. The third-order valence-corrected chi connectivity index (χ3v) is 6.45. The van der Waals surface area contributed by atoms with Gasteiger partial charge in [-0.05, 0) is 57.2 Å². The van der Waals surface area contributed by atoms with Crippen LogP contribution in [0.2, 0.25) is 0 Å². The molecule has 1 aromatic rings. The molecule has 2 saturated heterocycles. The van der Waals surface area contributed by atoms with Crippen molar-refractivity contribution in [2.75, 3.05) is 31.1 Å². The summed E-state index contributed by atoms with van der Waals surface area (Å²) in [6.45, 7) is 7.32. The normalized spacial score (nSPS) is 23.2. The highest BCUT2D eigenvalue weighted by Gasteiger charge is 2.39. The largest absolute Gasteiger partial charge is 0.317 e. The highest BCUT2D eigenvalue weighted by atomic mass is 35.5. The number of carbonyl (C=O) groups excluding carboxylic acids is 1. The van der Waals surface area contributed by atoms with Crippen LogP contribution in [0.1, 0.15) is 44.7 Å². The second-order valence-electron chi connectivity index (χ2n) is 7.45. The number of halogens is 1. The van der Waals surface area contributed by atoms with Gasteiger partial charge in [-0.2, -0.15) is 0 Å². The highest BCUT2D eigenvalue weighted by Crippen LogP contribution is 2.39. The van der Waals surface area contributed by atoms with E-state index in [9.17, 15) is 4.79 Å². The van der Waals surface area contributed by atoms with Crippen LogP contribution in [0, 0.1) is 5.41 Å². The zero-order valence-electron chi connectivity index (χ0n) is 14.3. The Morgan fingerprint density at radius 2 is 2.17 bits per heavy atom.